The summed E-state index contributed by atoms with van der Waals surface area (Å²) >= 11 is 4.01. The number of rotatable bonds is 4. The van der Waals surface area contributed by atoms with Crippen LogP contribution in [-0.2, 0) is 6.54 Å². The highest BCUT2D eigenvalue weighted by atomic mass is 32.1. The molecule has 0 saturated heterocycles. The zero-order valence-corrected chi connectivity index (χ0v) is 11.0. The number of carbonyl (C=O) groups is 1. The standard InChI is InChI=1S/C13H14N4OS/c14-11(19)12-15-7-10(8-16-12)13(18)17-6-9-4-2-1-3-5-9/h1-5,7-8,11,19H,6,14H2,(H,17,18). The molecule has 98 valence electrons. The molecule has 5 nitrogen and oxygen atoms in total. The molecule has 1 unspecified atom stereocenters. The van der Waals surface area contributed by atoms with Gasteiger partial charge in [0.2, 0.25) is 0 Å². The van der Waals surface area contributed by atoms with Gasteiger partial charge in [-0.05, 0) is 5.56 Å². The molecular formula is C13H14N4OS. The summed E-state index contributed by atoms with van der Waals surface area (Å²) in [7, 11) is 0. The van der Waals surface area contributed by atoms with Crippen LogP contribution in [-0.4, -0.2) is 15.9 Å². The first-order chi connectivity index (χ1) is 9.16. The molecule has 3 N–H and O–H groups in total. The third-order valence-electron chi connectivity index (χ3n) is 2.49. The number of benzene rings is 1. The Balaban J connectivity index is 1.96. The topological polar surface area (TPSA) is 80.9 Å². The van der Waals surface area contributed by atoms with Gasteiger partial charge in [-0.25, -0.2) is 9.97 Å². The molecule has 6 heteroatoms. The first-order valence-corrected chi connectivity index (χ1v) is 6.26. The van der Waals surface area contributed by atoms with Gasteiger partial charge in [0.15, 0.2) is 5.82 Å². The van der Waals surface area contributed by atoms with E-state index in [1.54, 1.807) is 0 Å². The number of hydrogen-bond donors (Lipinski definition) is 3. The lowest BCUT2D eigenvalue weighted by molar-refractivity contribution is 0.0950. The van der Waals surface area contributed by atoms with E-state index in [-0.39, 0.29) is 5.91 Å². The zero-order chi connectivity index (χ0) is 13.7. The van der Waals surface area contributed by atoms with Crippen LogP contribution in [0.2, 0.25) is 0 Å². The average Bonchev–Trinajstić information content (AvgIpc) is 2.46. The van der Waals surface area contributed by atoms with E-state index in [2.05, 4.69) is 27.9 Å². The summed E-state index contributed by atoms with van der Waals surface area (Å²) in [6.07, 6.45) is 2.89. The number of aromatic nitrogens is 2. The summed E-state index contributed by atoms with van der Waals surface area (Å²) in [6, 6.07) is 9.67. The van der Waals surface area contributed by atoms with Crippen molar-refractivity contribution >= 4 is 18.5 Å². The first kappa shape index (κ1) is 13.5. The van der Waals surface area contributed by atoms with Crippen LogP contribution < -0.4 is 11.1 Å². The highest BCUT2D eigenvalue weighted by Gasteiger charge is 2.08. The summed E-state index contributed by atoms with van der Waals surface area (Å²) in [5.74, 6) is 0.172. The average molecular weight is 274 g/mol. The Morgan fingerprint density at radius 3 is 2.47 bits per heavy atom. The van der Waals surface area contributed by atoms with E-state index >= 15 is 0 Å². The van der Waals surface area contributed by atoms with Crippen molar-refractivity contribution in [1.82, 2.24) is 15.3 Å². The second-order valence-electron chi connectivity index (χ2n) is 3.94. The van der Waals surface area contributed by atoms with Crippen molar-refractivity contribution in [1.29, 1.82) is 0 Å². The van der Waals surface area contributed by atoms with Crippen LogP contribution in [0.15, 0.2) is 42.7 Å². The van der Waals surface area contributed by atoms with Crippen LogP contribution in [0.5, 0.6) is 0 Å². The Morgan fingerprint density at radius 1 is 1.26 bits per heavy atom. The van der Waals surface area contributed by atoms with E-state index in [0.717, 1.165) is 5.56 Å². The summed E-state index contributed by atoms with van der Waals surface area (Å²) in [6.45, 7) is 0.466. The Hall–Kier alpha value is -1.92. The van der Waals surface area contributed by atoms with Gasteiger partial charge >= 0.3 is 0 Å². The summed E-state index contributed by atoms with van der Waals surface area (Å²) < 4.78 is 0. The van der Waals surface area contributed by atoms with E-state index in [9.17, 15) is 4.79 Å². The molecule has 0 spiro atoms. The predicted octanol–water partition coefficient (Wildman–Crippen LogP) is 1.29. The van der Waals surface area contributed by atoms with Gasteiger partial charge in [-0.1, -0.05) is 30.3 Å². The molecule has 19 heavy (non-hydrogen) atoms. The van der Waals surface area contributed by atoms with Gasteiger partial charge in [-0.3, -0.25) is 4.79 Å². The second-order valence-corrected chi connectivity index (χ2v) is 4.50. The molecule has 0 aliphatic rings. The van der Waals surface area contributed by atoms with Crippen LogP contribution in [0, 0.1) is 0 Å². The van der Waals surface area contributed by atoms with Crippen LogP contribution >= 0.6 is 12.6 Å². The minimum Gasteiger partial charge on any atom is -0.348 e. The molecule has 1 heterocycles. The fourth-order valence-corrected chi connectivity index (χ4v) is 1.62. The van der Waals surface area contributed by atoms with Crippen molar-refractivity contribution in [2.75, 3.05) is 0 Å². The third-order valence-corrected chi connectivity index (χ3v) is 2.73. The normalized spacial score (nSPS) is 11.9. The lowest BCUT2D eigenvalue weighted by Crippen LogP contribution is -2.23. The lowest BCUT2D eigenvalue weighted by Gasteiger charge is -2.06. The first-order valence-electron chi connectivity index (χ1n) is 5.74. The molecule has 2 rings (SSSR count). The fourth-order valence-electron chi connectivity index (χ4n) is 1.49. The monoisotopic (exact) mass is 274 g/mol. The molecule has 0 aliphatic heterocycles. The fraction of sp³-hybridized carbons (Fsp3) is 0.154. The zero-order valence-electron chi connectivity index (χ0n) is 10.2. The molecule has 1 aromatic carbocycles. The van der Waals surface area contributed by atoms with Gasteiger partial charge in [-0.2, -0.15) is 12.6 Å². The quantitative estimate of drug-likeness (QED) is 0.580. The number of nitrogens with zero attached hydrogens (tertiary/aromatic N) is 2. The summed E-state index contributed by atoms with van der Waals surface area (Å²) in [5, 5.41) is 2.25. The molecule has 0 fully saturated rings. The largest absolute Gasteiger partial charge is 0.348 e. The molecule has 0 aliphatic carbocycles. The number of carbonyl (C=O) groups excluding carboxylic acids is 1. The molecule has 0 bridgehead atoms. The second kappa shape index (κ2) is 6.31. The van der Waals surface area contributed by atoms with E-state index in [1.165, 1.54) is 12.4 Å². The highest BCUT2D eigenvalue weighted by molar-refractivity contribution is 7.80. The number of hydrogen-bond acceptors (Lipinski definition) is 5. The van der Waals surface area contributed by atoms with Gasteiger partial charge in [0, 0.05) is 18.9 Å². The van der Waals surface area contributed by atoms with Crippen LogP contribution in [0.25, 0.3) is 0 Å². The van der Waals surface area contributed by atoms with Crippen LogP contribution in [0.4, 0.5) is 0 Å². The lowest BCUT2D eigenvalue weighted by atomic mass is 10.2. The van der Waals surface area contributed by atoms with E-state index in [4.69, 9.17) is 5.73 Å². The summed E-state index contributed by atoms with van der Waals surface area (Å²) in [4.78, 5) is 19.8. The van der Waals surface area contributed by atoms with Crippen LogP contribution in [0.1, 0.15) is 27.1 Å². The number of amides is 1. The maximum Gasteiger partial charge on any atom is 0.254 e. The minimum atomic E-state index is -0.540. The van der Waals surface area contributed by atoms with Crippen molar-refractivity contribution in [3.05, 3.63) is 59.7 Å². The molecule has 1 aromatic heterocycles. The Labute approximate surface area is 116 Å². The predicted molar refractivity (Wildman–Crippen MR) is 75.6 cm³/mol. The van der Waals surface area contributed by atoms with E-state index in [0.29, 0.717) is 17.9 Å². The maximum atomic E-state index is 11.9. The van der Waals surface area contributed by atoms with E-state index in [1.807, 2.05) is 30.3 Å². The molecule has 0 saturated carbocycles. The van der Waals surface area contributed by atoms with Gasteiger partial charge in [-0.15, -0.1) is 0 Å². The van der Waals surface area contributed by atoms with Crippen molar-refractivity contribution in [2.24, 2.45) is 5.73 Å². The SMILES string of the molecule is NC(S)c1ncc(C(=O)NCc2ccccc2)cn1. The van der Waals surface area contributed by atoms with Gasteiger partial charge in [0.1, 0.15) is 5.37 Å². The van der Waals surface area contributed by atoms with Gasteiger partial charge < -0.3 is 11.1 Å². The number of nitrogens with one attached hydrogen (secondary N) is 1. The highest BCUT2D eigenvalue weighted by Crippen LogP contribution is 2.07. The van der Waals surface area contributed by atoms with E-state index < -0.39 is 5.37 Å². The minimum absolute atomic E-state index is 0.219. The Morgan fingerprint density at radius 2 is 1.89 bits per heavy atom. The third kappa shape index (κ3) is 3.77. The molecule has 1 atom stereocenters. The van der Waals surface area contributed by atoms with Gasteiger partial charge in [0.05, 0.1) is 5.56 Å². The molecule has 0 radical (unpaired) electrons. The number of thiol groups is 1. The van der Waals surface area contributed by atoms with Crippen LogP contribution in [0.3, 0.4) is 0 Å². The van der Waals surface area contributed by atoms with Crippen molar-refractivity contribution in [3.8, 4) is 0 Å². The van der Waals surface area contributed by atoms with Crippen molar-refractivity contribution < 1.29 is 4.79 Å². The number of nitrogens with two attached hydrogens (primary N) is 1. The molecule has 2 aromatic rings. The van der Waals surface area contributed by atoms with Gasteiger partial charge in [0.25, 0.3) is 5.91 Å². The molecular weight excluding hydrogens is 260 g/mol. The summed E-state index contributed by atoms with van der Waals surface area (Å²) in [5.41, 5.74) is 6.94. The Kier molecular flexibility index (Phi) is 4.48. The van der Waals surface area contributed by atoms with Crippen molar-refractivity contribution in [2.45, 2.75) is 11.9 Å². The smallest absolute Gasteiger partial charge is 0.254 e. The Bertz CT molecular complexity index is 542. The molecule has 1 amide bonds. The maximum absolute atomic E-state index is 11.9. The van der Waals surface area contributed by atoms with Crippen molar-refractivity contribution in [3.63, 3.8) is 0 Å².